The second-order valence-electron chi connectivity index (χ2n) is 18.1. The third-order valence-electron chi connectivity index (χ3n) is 13.3. The normalized spacial score (nSPS) is 12.7. The van der Waals surface area contributed by atoms with E-state index in [0.717, 1.165) is 17.1 Å². The van der Waals surface area contributed by atoms with E-state index in [2.05, 4.69) is 268 Å². The number of hydrogen-bond acceptors (Lipinski definition) is 1. The van der Waals surface area contributed by atoms with E-state index in [4.69, 9.17) is 0 Å². The molecule has 1 heteroatoms. The Morgan fingerprint density at radius 3 is 1.39 bits per heavy atom. The van der Waals surface area contributed by atoms with Crippen LogP contribution in [-0.4, -0.2) is 0 Å². The molecule has 0 saturated heterocycles. The molecule has 0 N–H and O–H groups in total. The standard InChI is InChI=1S/C63H49N/c1-62(2,3)58-29-17-15-28-55(58)57-41-48-21-13-14-22-49(48)42-61(57)64(52-37-35-47(36-38-52)46-33-31-45(32-34-46)44-19-7-4-8-20-44)53-39-40-56-54-27-16-18-30-59(54)63(60(56)43-53,50-23-9-5-10-24-50)51-25-11-6-12-26-51/h4-43H,1-3H3. The quantitative estimate of drug-likeness (QED) is 0.148. The van der Waals surface area contributed by atoms with Crippen LogP contribution in [0, 0.1) is 0 Å². The summed E-state index contributed by atoms with van der Waals surface area (Å²) >= 11 is 0. The van der Waals surface area contributed by atoms with E-state index in [0.29, 0.717) is 0 Å². The van der Waals surface area contributed by atoms with Gasteiger partial charge in [-0.1, -0.05) is 227 Å². The fourth-order valence-corrected chi connectivity index (χ4v) is 10.3. The van der Waals surface area contributed by atoms with E-state index in [9.17, 15) is 0 Å². The van der Waals surface area contributed by atoms with Gasteiger partial charge in [0.05, 0.1) is 11.1 Å². The fourth-order valence-electron chi connectivity index (χ4n) is 10.3. The van der Waals surface area contributed by atoms with Crippen molar-refractivity contribution in [1.29, 1.82) is 0 Å². The molecule has 306 valence electrons. The smallest absolute Gasteiger partial charge is 0.0714 e. The number of hydrogen-bond donors (Lipinski definition) is 0. The molecule has 0 spiro atoms. The van der Waals surface area contributed by atoms with E-state index in [1.807, 2.05) is 0 Å². The molecule has 0 amide bonds. The second-order valence-corrected chi connectivity index (χ2v) is 18.1. The van der Waals surface area contributed by atoms with Gasteiger partial charge in [0.1, 0.15) is 0 Å². The van der Waals surface area contributed by atoms with E-state index in [-0.39, 0.29) is 5.41 Å². The minimum Gasteiger partial charge on any atom is -0.310 e. The second kappa shape index (κ2) is 15.9. The summed E-state index contributed by atoms with van der Waals surface area (Å²) in [6.45, 7) is 6.96. The molecule has 1 aliphatic rings. The third-order valence-corrected chi connectivity index (χ3v) is 13.3. The van der Waals surface area contributed by atoms with Crippen LogP contribution in [0.3, 0.4) is 0 Å². The van der Waals surface area contributed by atoms with Gasteiger partial charge in [-0.2, -0.15) is 0 Å². The van der Waals surface area contributed by atoms with Crippen LogP contribution in [-0.2, 0) is 10.8 Å². The minimum atomic E-state index is -0.531. The molecule has 0 aliphatic heterocycles. The van der Waals surface area contributed by atoms with Crippen LogP contribution in [0.15, 0.2) is 243 Å². The molecule has 0 radical (unpaired) electrons. The summed E-state index contributed by atoms with van der Waals surface area (Å²) in [4.78, 5) is 2.51. The summed E-state index contributed by atoms with van der Waals surface area (Å²) in [5.41, 5.74) is 18.9. The van der Waals surface area contributed by atoms with E-state index in [1.54, 1.807) is 0 Å². The zero-order chi connectivity index (χ0) is 43.3. The van der Waals surface area contributed by atoms with Crippen molar-refractivity contribution in [2.45, 2.75) is 31.6 Å². The molecule has 0 bridgehead atoms. The molecule has 10 aromatic rings. The predicted molar refractivity (Wildman–Crippen MR) is 271 cm³/mol. The lowest BCUT2D eigenvalue weighted by molar-refractivity contribution is 0.592. The largest absolute Gasteiger partial charge is 0.310 e. The Morgan fingerprint density at radius 1 is 0.328 bits per heavy atom. The van der Waals surface area contributed by atoms with E-state index >= 15 is 0 Å². The summed E-state index contributed by atoms with van der Waals surface area (Å²) in [5, 5.41) is 2.42. The van der Waals surface area contributed by atoms with Crippen LogP contribution >= 0.6 is 0 Å². The van der Waals surface area contributed by atoms with Crippen LogP contribution in [0.25, 0.3) is 55.3 Å². The average Bonchev–Trinajstić information content (AvgIpc) is 3.65. The molecule has 0 unspecified atom stereocenters. The third kappa shape index (κ3) is 6.64. The number of fused-ring (bicyclic) bond motifs is 4. The van der Waals surface area contributed by atoms with Crippen molar-refractivity contribution in [1.82, 2.24) is 0 Å². The highest BCUT2D eigenvalue weighted by Gasteiger charge is 2.46. The lowest BCUT2D eigenvalue weighted by atomic mass is 9.67. The molecular weight excluding hydrogens is 771 g/mol. The Hall–Kier alpha value is -7.74. The highest BCUT2D eigenvalue weighted by Crippen LogP contribution is 2.57. The van der Waals surface area contributed by atoms with Crippen LogP contribution < -0.4 is 4.90 Å². The van der Waals surface area contributed by atoms with Gasteiger partial charge in [-0.3, -0.25) is 0 Å². The minimum absolute atomic E-state index is 0.0770. The first kappa shape index (κ1) is 39.1. The van der Waals surface area contributed by atoms with Gasteiger partial charge in [0, 0.05) is 16.9 Å². The Bertz CT molecular complexity index is 3230. The summed E-state index contributed by atoms with van der Waals surface area (Å²) in [6, 6.07) is 89.7. The first-order chi connectivity index (χ1) is 31.4. The lowest BCUT2D eigenvalue weighted by Crippen LogP contribution is -2.28. The molecule has 1 nitrogen and oxygen atoms in total. The Morgan fingerprint density at radius 2 is 0.781 bits per heavy atom. The maximum atomic E-state index is 2.51. The summed E-state index contributed by atoms with van der Waals surface area (Å²) < 4.78 is 0. The summed E-state index contributed by atoms with van der Waals surface area (Å²) in [7, 11) is 0. The number of nitrogens with zero attached hydrogens (tertiary/aromatic N) is 1. The zero-order valence-electron chi connectivity index (χ0n) is 36.5. The zero-order valence-corrected chi connectivity index (χ0v) is 36.5. The molecule has 1 aliphatic carbocycles. The van der Waals surface area contributed by atoms with Gasteiger partial charge < -0.3 is 4.90 Å². The Labute approximate surface area is 377 Å². The van der Waals surface area contributed by atoms with Crippen molar-refractivity contribution in [3.63, 3.8) is 0 Å². The maximum Gasteiger partial charge on any atom is 0.0714 e. The van der Waals surface area contributed by atoms with E-state index < -0.39 is 5.41 Å². The first-order valence-corrected chi connectivity index (χ1v) is 22.4. The predicted octanol–water partition coefficient (Wildman–Crippen LogP) is 17.0. The van der Waals surface area contributed by atoms with Crippen LogP contribution in [0.2, 0.25) is 0 Å². The topological polar surface area (TPSA) is 3.24 Å². The van der Waals surface area contributed by atoms with Gasteiger partial charge >= 0.3 is 0 Å². The van der Waals surface area contributed by atoms with E-state index in [1.165, 1.54) is 83.1 Å². The molecule has 0 fully saturated rings. The van der Waals surface area contributed by atoms with Crippen molar-refractivity contribution in [3.8, 4) is 44.5 Å². The first-order valence-electron chi connectivity index (χ1n) is 22.4. The van der Waals surface area contributed by atoms with Crippen LogP contribution in [0.1, 0.15) is 48.6 Å². The average molecular weight is 820 g/mol. The van der Waals surface area contributed by atoms with Gasteiger partial charge in [0.25, 0.3) is 0 Å². The lowest BCUT2D eigenvalue weighted by Gasteiger charge is -2.35. The highest BCUT2D eigenvalue weighted by molar-refractivity contribution is 6.00. The SMILES string of the molecule is CC(C)(C)c1ccccc1-c1cc2ccccc2cc1N(c1ccc(-c2ccc(-c3ccccc3)cc2)cc1)c1ccc2c(c1)C(c1ccccc1)(c1ccccc1)c1ccccc1-2. The number of anilines is 3. The molecule has 11 rings (SSSR count). The van der Waals surface area contributed by atoms with Crippen molar-refractivity contribution in [3.05, 3.63) is 270 Å². The maximum absolute atomic E-state index is 2.51. The van der Waals surface area contributed by atoms with Gasteiger partial charge in [-0.15, -0.1) is 0 Å². The highest BCUT2D eigenvalue weighted by atomic mass is 15.1. The van der Waals surface area contributed by atoms with Crippen molar-refractivity contribution in [2.75, 3.05) is 4.90 Å². The molecule has 10 aromatic carbocycles. The number of rotatable bonds is 8. The molecule has 64 heavy (non-hydrogen) atoms. The van der Waals surface area contributed by atoms with Crippen LogP contribution in [0.4, 0.5) is 17.1 Å². The Kier molecular flexibility index (Phi) is 9.70. The molecular formula is C63H49N. The monoisotopic (exact) mass is 819 g/mol. The molecule has 0 heterocycles. The summed E-state index contributed by atoms with van der Waals surface area (Å²) in [5.74, 6) is 0. The molecule has 0 saturated carbocycles. The fraction of sp³-hybridized carbons (Fsp3) is 0.0794. The van der Waals surface area contributed by atoms with Crippen LogP contribution in [0.5, 0.6) is 0 Å². The van der Waals surface area contributed by atoms with Gasteiger partial charge in [-0.25, -0.2) is 0 Å². The van der Waals surface area contributed by atoms with Gasteiger partial charge in [-0.05, 0) is 119 Å². The van der Waals surface area contributed by atoms with Crippen molar-refractivity contribution >= 4 is 27.8 Å². The molecule has 0 atom stereocenters. The number of benzene rings is 10. The molecule has 0 aromatic heterocycles. The summed E-state index contributed by atoms with van der Waals surface area (Å²) in [6.07, 6.45) is 0. The van der Waals surface area contributed by atoms with Crippen molar-refractivity contribution < 1.29 is 0 Å². The van der Waals surface area contributed by atoms with Gasteiger partial charge in [0.2, 0.25) is 0 Å². The van der Waals surface area contributed by atoms with Crippen molar-refractivity contribution in [2.24, 2.45) is 0 Å². The Balaban J connectivity index is 1.16. The van der Waals surface area contributed by atoms with Gasteiger partial charge in [0.15, 0.2) is 0 Å².